The average molecular weight is 361 g/mol. The first kappa shape index (κ1) is 17.5. The molecule has 3 aromatic rings. The number of hydrogen-bond donors (Lipinski definition) is 0. The van der Waals surface area contributed by atoms with Crippen molar-refractivity contribution in [2.24, 2.45) is 0 Å². The molecule has 0 saturated carbocycles. The SMILES string of the molecule is Cc1cccc(-c2cnc(C)nc2C2CCCN(C(=O)c3ccoc3)C2)c1. The van der Waals surface area contributed by atoms with Gasteiger partial charge in [0.2, 0.25) is 0 Å². The molecule has 1 aliphatic rings. The lowest BCUT2D eigenvalue weighted by Gasteiger charge is -2.33. The lowest BCUT2D eigenvalue weighted by molar-refractivity contribution is 0.0705. The molecule has 1 fully saturated rings. The molecule has 1 amide bonds. The van der Waals surface area contributed by atoms with Gasteiger partial charge < -0.3 is 9.32 Å². The van der Waals surface area contributed by atoms with E-state index in [0.29, 0.717) is 12.1 Å². The third kappa shape index (κ3) is 3.63. The summed E-state index contributed by atoms with van der Waals surface area (Å²) in [5.41, 5.74) is 5.04. The number of piperidine rings is 1. The van der Waals surface area contributed by atoms with Crippen molar-refractivity contribution in [2.45, 2.75) is 32.6 Å². The fourth-order valence-electron chi connectivity index (χ4n) is 3.79. The molecule has 138 valence electrons. The third-order valence-corrected chi connectivity index (χ3v) is 5.13. The van der Waals surface area contributed by atoms with Crippen LogP contribution in [0.3, 0.4) is 0 Å². The van der Waals surface area contributed by atoms with E-state index in [4.69, 9.17) is 9.40 Å². The summed E-state index contributed by atoms with van der Waals surface area (Å²) in [6, 6.07) is 10.1. The lowest BCUT2D eigenvalue weighted by atomic mass is 9.89. The van der Waals surface area contributed by atoms with Gasteiger partial charge >= 0.3 is 0 Å². The van der Waals surface area contributed by atoms with Crippen LogP contribution in [0.15, 0.2) is 53.5 Å². The van der Waals surface area contributed by atoms with Gasteiger partial charge in [0.25, 0.3) is 5.91 Å². The maximum absolute atomic E-state index is 12.7. The van der Waals surface area contributed by atoms with Crippen molar-refractivity contribution in [3.05, 3.63) is 71.7 Å². The number of rotatable bonds is 3. The molecule has 5 nitrogen and oxygen atoms in total. The van der Waals surface area contributed by atoms with Gasteiger partial charge in [-0.05, 0) is 38.3 Å². The Labute approximate surface area is 159 Å². The Morgan fingerprint density at radius 3 is 2.93 bits per heavy atom. The van der Waals surface area contributed by atoms with E-state index in [1.54, 1.807) is 6.07 Å². The van der Waals surface area contributed by atoms with E-state index in [9.17, 15) is 4.79 Å². The molecular formula is C22H23N3O2. The molecule has 1 unspecified atom stereocenters. The number of nitrogens with zero attached hydrogens (tertiary/aromatic N) is 3. The van der Waals surface area contributed by atoms with Crippen molar-refractivity contribution >= 4 is 5.91 Å². The molecule has 3 heterocycles. The predicted molar refractivity (Wildman–Crippen MR) is 104 cm³/mol. The van der Waals surface area contributed by atoms with Gasteiger partial charge in [-0.3, -0.25) is 4.79 Å². The summed E-state index contributed by atoms with van der Waals surface area (Å²) in [6.45, 7) is 5.44. The molecule has 1 aliphatic heterocycles. The van der Waals surface area contributed by atoms with Crippen LogP contribution >= 0.6 is 0 Å². The Hall–Kier alpha value is -2.95. The smallest absolute Gasteiger partial charge is 0.257 e. The van der Waals surface area contributed by atoms with Crippen molar-refractivity contribution in [2.75, 3.05) is 13.1 Å². The molecule has 1 saturated heterocycles. The first-order chi connectivity index (χ1) is 13.1. The molecule has 4 rings (SSSR count). The van der Waals surface area contributed by atoms with E-state index in [1.165, 1.54) is 18.1 Å². The van der Waals surface area contributed by atoms with Crippen LogP contribution in [0.1, 0.15) is 46.2 Å². The van der Waals surface area contributed by atoms with Crippen molar-refractivity contribution in [3.63, 3.8) is 0 Å². The number of hydrogen-bond acceptors (Lipinski definition) is 4. The number of furan rings is 1. The van der Waals surface area contributed by atoms with Crippen molar-refractivity contribution < 1.29 is 9.21 Å². The van der Waals surface area contributed by atoms with Crippen LogP contribution < -0.4 is 0 Å². The molecule has 5 heteroatoms. The molecule has 2 aromatic heterocycles. The standard InChI is InChI=1S/C22H23N3O2/c1-15-5-3-6-17(11-15)20-12-23-16(2)24-21(20)18-7-4-9-25(13-18)22(26)19-8-10-27-14-19/h3,5-6,8,10-12,14,18H,4,7,9,13H2,1-2H3. The van der Waals surface area contributed by atoms with Crippen molar-refractivity contribution in [1.29, 1.82) is 0 Å². The highest BCUT2D eigenvalue weighted by Gasteiger charge is 2.28. The van der Waals surface area contributed by atoms with E-state index in [-0.39, 0.29) is 11.8 Å². The second-order valence-corrected chi connectivity index (χ2v) is 7.19. The summed E-state index contributed by atoms with van der Waals surface area (Å²) in [4.78, 5) is 23.9. The Bertz CT molecular complexity index is 950. The van der Waals surface area contributed by atoms with Gasteiger partial charge in [-0.2, -0.15) is 0 Å². The van der Waals surface area contributed by atoms with Gasteiger partial charge in [-0.25, -0.2) is 9.97 Å². The minimum absolute atomic E-state index is 0.0244. The molecule has 0 spiro atoms. The molecule has 0 N–H and O–H groups in total. The van der Waals surface area contributed by atoms with Gasteiger partial charge in [-0.1, -0.05) is 29.8 Å². The highest BCUT2D eigenvalue weighted by molar-refractivity contribution is 5.94. The van der Waals surface area contributed by atoms with Crippen LogP contribution in [0.25, 0.3) is 11.1 Å². The molecule has 0 aliphatic carbocycles. The number of carbonyl (C=O) groups excluding carboxylic acids is 1. The van der Waals surface area contributed by atoms with E-state index >= 15 is 0 Å². The summed E-state index contributed by atoms with van der Waals surface area (Å²) in [5, 5.41) is 0. The molecular weight excluding hydrogens is 338 g/mol. The summed E-state index contributed by atoms with van der Waals surface area (Å²) in [5.74, 6) is 0.989. The Balaban J connectivity index is 1.66. The zero-order chi connectivity index (χ0) is 18.8. The van der Waals surface area contributed by atoms with Crippen LogP contribution in [-0.4, -0.2) is 33.9 Å². The fourth-order valence-corrected chi connectivity index (χ4v) is 3.79. The summed E-state index contributed by atoms with van der Waals surface area (Å²) in [7, 11) is 0. The Morgan fingerprint density at radius 1 is 1.26 bits per heavy atom. The van der Waals surface area contributed by atoms with Crippen molar-refractivity contribution in [1.82, 2.24) is 14.9 Å². The van der Waals surface area contributed by atoms with Gasteiger partial charge in [0.1, 0.15) is 12.1 Å². The highest BCUT2D eigenvalue weighted by Crippen LogP contribution is 2.33. The normalized spacial score (nSPS) is 17.1. The second-order valence-electron chi connectivity index (χ2n) is 7.19. The topological polar surface area (TPSA) is 59.2 Å². The van der Waals surface area contributed by atoms with Gasteiger partial charge in [-0.15, -0.1) is 0 Å². The van der Waals surface area contributed by atoms with Crippen molar-refractivity contribution in [3.8, 4) is 11.1 Å². The summed E-state index contributed by atoms with van der Waals surface area (Å²) < 4.78 is 5.07. The first-order valence-corrected chi connectivity index (χ1v) is 9.34. The summed E-state index contributed by atoms with van der Waals surface area (Å²) in [6.07, 6.45) is 6.95. The Morgan fingerprint density at radius 2 is 2.15 bits per heavy atom. The zero-order valence-corrected chi connectivity index (χ0v) is 15.7. The quantitative estimate of drug-likeness (QED) is 0.695. The average Bonchev–Trinajstić information content (AvgIpc) is 3.22. The third-order valence-electron chi connectivity index (χ3n) is 5.13. The number of aryl methyl sites for hydroxylation is 2. The van der Waals surface area contributed by atoms with Gasteiger partial charge in [0.05, 0.1) is 17.5 Å². The molecule has 0 radical (unpaired) electrons. The molecule has 27 heavy (non-hydrogen) atoms. The number of likely N-dealkylation sites (tertiary alicyclic amines) is 1. The molecule has 1 atom stereocenters. The van der Waals surface area contributed by atoms with E-state index < -0.39 is 0 Å². The van der Waals surface area contributed by atoms with Gasteiger partial charge in [0, 0.05) is 30.8 Å². The van der Waals surface area contributed by atoms with E-state index in [0.717, 1.165) is 42.0 Å². The maximum Gasteiger partial charge on any atom is 0.257 e. The second kappa shape index (κ2) is 7.35. The predicted octanol–water partition coefficient (Wildman–Crippen LogP) is 4.37. The van der Waals surface area contributed by atoms with Crippen LogP contribution in [0.5, 0.6) is 0 Å². The minimum atomic E-state index is 0.0244. The molecule has 0 bridgehead atoms. The Kier molecular flexibility index (Phi) is 4.75. The largest absolute Gasteiger partial charge is 0.472 e. The lowest BCUT2D eigenvalue weighted by Crippen LogP contribution is -2.39. The maximum atomic E-state index is 12.7. The number of amides is 1. The van der Waals surface area contributed by atoms with Gasteiger partial charge in [0.15, 0.2) is 0 Å². The van der Waals surface area contributed by atoms with Crippen LogP contribution in [-0.2, 0) is 0 Å². The number of aromatic nitrogens is 2. The monoisotopic (exact) mass is 361 g/mol. The zero-order valence-electron chi connectivity index (χ0n) is 15.7. The fraction of sp³-hybridized carbons (Fsp3) is 0.318. The van der Waals surface area contributed by atoms with Crippen LogP contribution in [0.4, 0.5) is 0 Å². The minimum Gasteiger partial charge on any atom is -0.472 e. The number of benzene rings is 1. The van der Waals surface area contributed by atoms with Crippen LogP contribution in [0, 0.1) is 13.8 Å². The molecule has 1 aromatic carbocycles. The summed E-state index contributed by atoms with van der Waals surface area (Å²) >= 11 is 0. The van der Waals surface area contributed by atoms with E-state index in [1.807, 2.05) is 18.0 Å². The van der Waals surface area contributed by atoms with E-state index in [2.05, 4.69) is 36.2 Å². The highest BCUT2D eigenvalue weighted by atomic mass is 16.3. The number of carbonyl (C=O) groups is 1. The first-order valence-electron chi connectivity index (χ1n) is 9.34. The van der Waals surface area contributed by atoms with Crippen LogP contribution in [0.2, 0.25) is 0 Å².